The van der Waals surface area contributed by atoms with Gasteiger partial charge in [-0.1, -0.05) is 0 Å². The minimum absolute atomic E-state index is 0.287. The highest BCUT2D eigenvalue weighted by Crippen LogP contribution is 2.36. The van der Waals surface area contributed by atoms with Crippen LogP contribution in [0.1, 0.15) is 20.3 Å². The van der Waals surface area contributed by atoms with E-state index in [-0.39, 0.29) is 5.97 Å². The molecule has 0 aliphatic carbocycles. The maximum atomic E-state index is 11.3. The molecule has 12 heavy (non-hydrogen) atoms. The van der Waals surface area contributed by atoms with Crippen molar-refractivity contribution < 1.29 is 14.6 Å². The smallest absolute Gasteiger partial charge is 0.322 e. The molecule has 1 aliphatic heterocycles. The van der Waals surface area contributed by atoms with Crippen LogP contribution in [0, 0.1) is 0 Å². The minimum atomic E-state index is -0.878. The lowest BCUT2D eigenvalue weighted by molar-refractivity contribution is -0.146. The van der Waals surface area contributed by atoms with E-state index in [9.17, 15) is 9.90 Å². The van der Waals surface area contributed by atoms with Crippen molar-refractivity contribution in [3.63, 3.8) is 0 Å². The Morgan fingerprint density at radius 1 is 1.83 bits per heavy atom. The number of hydrogen-bond acceptors (Lipinski definition) is 4. The fourth-order valence-electron chi connectivity index (χ4n) is 1.23. The molecule has 1 aliphatic rings. The number of aliphatic hydroxyl groups is 1. The number of hydrogen-bond donors (Lipinski definition) is 1. The van der Waals surface area contributed by atoms with E-state index >= 15 is 0 Å². The Morgan fingerprint density at radius 3 is 2.92 bits per heavy atom. The first-order chi connectivity index (χ1) is 5.58. The van der Waals surface area contributed by atoms with E-state index in [4.69, 9.17) is 4.74 Å². The average Bonchev–Trinajstić information content (AvgIpc) is 2.30. The van der Waals surface area contributed by atoms with Crippen LogP contribution in [0.3, 0.4) is 0 Å². The van der Waals surface area contributed by atoms with Gasteiger partial charge in [0.05, 0.1) is 12.2 Å². The van der Waals surface area contributed by atoms with Crippen molar-refractivity contribution >= 4 is 17.7 Å². The molecule has 1 N–H and O–H groups in total. The maximum Gasteiger partial charge on any atom is 0.322 e. The molecule has 70 valence electrons. The van der Waals surface area contributed by atoms with Crippen molar-refractivity contribution in [3.8, 4) is 0 Å². The second-order valence-corrected chi connectivity index (χ2v) is 4.32. The summed E-state index contributed by atoms with van der Waals surface area (Å²) in [5.74, 6) is 0.543. The number of carbonyl (C=O) groups excluding carboxylic acids is 1. The summed E-state index contributed by atoms with van der Waals surface area (Å²) in [5, 5.41) is 9.34. The summed E-state index contributed by atoms with van der Waals surface area (Å²) in [6.07, 6.45) is 0.668. The fourth-order valence-corrected chi connectivity index (χ4v) is 2.68. The fraction of sp³-hybridized carbons (Fsp3) is 0.875. The van der Waals surface area contributed by atoms with Gasteiger partial charge >= 0.3 is 5.97 Å². The third kappa shape index (κ3) is 1.93. The number of thioether (sulfide) groups is 1. The lowest BCUT2D eigenvalue weighted by atomic mass is 9.99. The van der Waals surface area contributed by atoms with Crippen LogP contribution in [0.25, 0.3) is 0 Å². The van der Waals surface area contributed by atoms with Gasteiger partial charge in [-0.25, -0.2) is 0 Å². The monoisotopic (exact) mass is 190 g/mol. The summed E-state index contributed by atoms with van der Waals surface area (Å²) in [6, 6.07) is 0. The van der Waals surface area contributed by atoms with Crippen molar-refractivity contribution in [2.24, 2.45) is 0 Å². The standard InChI is InChI=1S/C8H14O3S/c1-3-11-7(9)6-8(2,10)4-5-12-6/h6,10H,3-5H2,1-2H3/t6-,8-/m1/s1. The van der Waals surface area contributed by atoms with E-state index in [1.54, 1.807) is 13.8 Å². The van der Waals surface area contributed by atoms with Crippen molar-refractivity contribution in [1.82, 2.24) is 0 Å². The van der Waals surface area contributed by atoms with E-state index < -0.39 is 10.9 Å². The molecule has 0 bridgehead atoms. The topological polar surface area (TPSA) is 46.5 Å². The second-order valence-electron chi connectivity index (χ2n) is 3.11. The Labute approximate surface area is 76.5 Å². The van der Waals surface area contributed by atoms with Crippen LogP contribution >= 0.6 is 11.8 Å². The molecule has 0 aromatic heterocycles. The molecule has 2 atom stereocenters. The predicted molar refractivity (Wildman–Crippen MR) is 48.1 cm³/mol. The first-order valence-electron chi connectivity index (χ1n) is 4.08. The van der Waals surface area contributed by atoms with E-state index in [0.29, 0.717) is 13.0 Å². The first-order valence-corrected chi connectivity index (χ1v) is 5.13. The van der Waals surface area contributed by atoms with Crippen LogP contribution in [-0.4, -0.2) is 34.3 Å². The predicted octanol–water partition coefficient (Wildman–Crippen LogP) is 0.806. The van der Waals surface area contributed by atoms with Crippen molar-refractivity contribution in [3.05, 3.63) is 0 Å². The van der Waals surface area contributed by atoms with Crippen LogP contribution in [0.15, 0.2) is 0 Å². The van der Waals surface area contributed by atoms with E-state index in [0.717, 1.165) is 5.75 Å². The van der Waals surface area contributed by atoms with Crippen LogP contribution in [0.2, 0.25) is 0 Å². The third-order valence-corrected chi connectivity index (χ3v) is 3.43. The Kier molecular flexibility index (Phi) is 3.01. The molecule has 1 saturated heterocycles. The lowest BCUT2D eigenvalue weighted by Crippen LogP contribution is -2.39. The summed E-state index contributed by atoms with van der Waals surface area (Å²) in [7, 11) is 0. The summed E-state index contributed by atoms with van der Waals surface area (Å²) in [5.41, 5.74) is -0.878. The van der Waals surface area contributed by atoms with Crippen LogP contribution in [0.5, 0.6) is 0 Å². The third-order valence-electron chi connectivity index (χ3n) is 1.96. The molecule has 0 spiro atoms. The van der Waals surface area contributed by atoms with Gasteiger partial charge < -0.3 is 9.84 Å². The quantitative estimate of drug-likeness (QED) is 0.654. The minimum Gasteiger partial charge on any atom is -0.465 e. The average molecular weight is 190 g/mol. The van der Waals surface area contributed by atoms with Crippen molar-refractivity contribution in [1.29, 1.82) is 0 Å². The van der Waals surface area contributed by atoms with Crippen LogP contribution in [-0.2, 0) is 9.53 Å². The zero-order chi connectivity index (χ0) is 9.19. The van der Waals surface area contributed by atoms with Crippen LogP contribution < -0.4 is 0 Å². The molecular weight excluding hydrogens is 176 g/mol. The molecule has 3 nitrogen and oxygen atoms in total. The Morgan fingerprint density at radius 2 is 2.50 bits per heavy atom. The summed E-state index contributed by atoms with van der Waals surface area (Å²) in [4.78, 5) is 11.3. The Hall–Kier alpha value is -0.220. The van der Waals surface area contributed by atoms with Gasteiger partial charge in [0.2, 0.25) is 0 Å². The highest BCUT2D eigenvalue weighted by molar-refractivity contribution is 8.00. The van der Waals surface area contributed by atoms with Gasteiger partial charge in [0.1, 0.15) is 5.25 Å². The van der Waals surface area contributed by atoms with Gasteiger partial charge in [-0.3, -0.25) is 4.79 Å². The Bertz CT molecular complexity index is 179. The van der Waals surface area contributed by atoms with Crippen molar-refractivity contribution in [2.45, 2.75) is 31.1 Å². The molecule has 0 unspecified atom stereocenters. The number of ether oxygens (including phenoxy) is 1. The molecule has 0 aromatic carbocycles. The summed E-state index contributed by atoms with van der Waals surface area (Å²) in [6.45, 7) is 3.84. The molecule has 4 heteroatoms. The molecule has 0 radical (unpaired) electrons. The summed E-state index contributed by atoms with van der Waals surface area (Å²) >= 11 is 1.47. The zero-order valence-corrected chi connectivity index (χ0v) is 8.19. The highest BCUT2D eigenvalue weighted by atomic mass is 32.2. The SMILES string of the molecule is CCOC(=O)[C@H]1SCC[C@@]1(C)O. The van der Waals surface area contributed by atoms with Gasteiger partial charge in [0.15, 0.2) is 0 Å². The van der Waals surface area contributed by atoms with Gasteiger partial charge in [-0.2, -0.15) is 0 Å². The molecule has 1 rings (SSSR count). The van der Waals surface area contributed by atoms with Gasteiger partial charge in [-0.15, -0.1) is 11.8 Å². The number of carbonyl (C=O) groups is 1. The van der Waals surface area contributed by atoms with Gasteiger partial charge in [-0.05, 0) is 26.0 Å². The Balaban J connectivity index is 2.56. The molecular formula is C8H14O3S. The number of esters is 1. The molecule has 0 aromatic rings. The summed E-state index contributed by atoms with van der Waals surface area (Å²) < 4.78 is 4.84. The lowest BCUT2D eigenvalue weighted by Gasteiger charge is -2.22. The number of rotatable bonds is 2. The zero-order valence-electron chi connectivity index (χ0n) is 7.37. The molecule has 1 fully saturated rings. The van der Waals surface area contributed by atoms with E-state index in [2.05, 4.69) is 0 Å². The second kappa shape index (κ2) is 3.66. The largest absolute Gasteiger partial charge is 0.465 e. The molecule has 0 saturated carbocycles. The normalized spacial score (nSPS) is 35.1. The van der Waals surface area contributed by atoms with E-state index in [1.807, 2.05) is 0 Å². The maximum absolute atomic E-state index is 11.3. The van der Waals surface area contributed by atoms with E-state index in [1.165, 1.54) is 11.8 Å². The van der Waals surface area contributed by atoms with Crippen molar-refractivity contribution in [2.75, 3.05) is 12.4 Å². The van der Waals surface area contributed by atoms with Crippen LogP contribution in [0.4, 0.5) is 0 Å². The van der Waals surface area contributed by atoms with Gasteiger partial charge in [0, 0.05) is 0 Å². The van der Waals surface area contributed by atoms with Gasteiger partial charge in [0.25, 0.3) is 0 Å². The molecule has 0 amide bonds. The first kappa shape index (κ1) is 9.86. The highest BCUT2D eigenvalue weighted by Gasteiger charge is 2.43. The molecule has 1 heterocycles.